The van der Waals surface area contributed by atoms with Crippen molar-refractivity contribution >= 4 is 17.6 Å². The molecule has 1 amide bonds. The topological polar surface area (TPSA) is 84.6 Å². The lowest BCUT2D eigenvalue weighted by molar-refractivity contribution is -0.137. The van der Waals surface area contributed by atoms with E-state index in [9.17, 15) is 14.9 Å². The highest BCUT2D eigenvalue weighted by molar-refractivity contribution is 6.04. The molecule has 0 aliphatic carbocycles. The minimum atomic E-state index is -0.901. The van der Waals surface area contributed by atoms with Crippen LogP contribution in [0.2, 0.25) is 0 Å². The van der Waals surface area contributed by atoms with Crippen molar-refractivity contribution in [2.45, 2.75) is 18.9 Å². The summed E-state index contributed by atoms with van der Waals surface area (Å²) < 4.78 is 0. The van der Waals surface area contributed by atoms with Crippen LogP contribution in [0.1, 0.15) is 34.8 Å². The smallest absolute Gasteiger partial charge is 0.303 e. The van der Waals surface area contributed by atoms with Gasteiger partial charge in [-0.1, -0.05) is 12.1 Å². The molecule has 1 aliphatic heterocycles. The number of carboxylic acid groups (broad SMARTS) is 1. The van der Waals surface area contributed by atoms with E-state index in [1.165, 1.54) is 4.90 Å². The number of aliphatic carboxylic acids is 1. The first kappa shape index (κ1) is 14.9. The number of nitriles is 1. The van der Waals surface area contributed by atoms with Gasteiger partial charge >= 0.3 is 5.97 Å². The van der Waals surface area contributed by atoms with Crippen molar-refractivity contribution in [1.82, 2.24) is 4.90 Å². The molecule has 1 aromatic rings. The summed E-state index contributed by atoms with van der Waals surface area (Å²) in [5, 5.41) is 18.1. The number of carbonyl (C=O) groups is 2. The van der Waals surface area contributed by atoms with E-state index in [0.29, 0.717) is 17.5 Å². The summed E-state index contributed by atoms with van der Waals surface area (Å²) in [6.07, 6.45) is 0.323. The van der Waals surface area contributed by atoms with Gasteiger partial charge in [0.25, 0.3) is 5.91 Å². The Bertz CT molecular complexity index is 619. The maximum atomic E-state index is 12.6. The van der Waals surface area contributed by atoms with Gasteiger partial charge in [0.15, 0.2) is 0 Å². The minimum Gasteiger partial charge on any atom is -0.481 e. The molecule has 1 aliphatic rings. The summed E-state index contributed by atoms with van der Waals surface area (Å²) in [6, 6.07) is 6.95. The van der Waals surface area contributed by atoms with E-state index >= 15 is 0 Å². The predicted molar refractivity (Wildman–Crippen MR) is 77.0 cm³/mol. The van der Waals surface area contributed by atoms with Gasteiger partial charge in [-0.05, 0) is 12.5 Å². The Morgan fingerprint density at radius 3 is 2.76 bits per heavy atom. The molecule has 0 bridgehead atoms. The fraction of sp³-hybridized carbons (Fsp3) is 0.400. The van der Waals surface area contributed by atoms with Crippen molar-refractivity contribution in [3.05, 3.63) is 29.3 Å². The van der Waals surface area contributed by atoms with Crippen LogP contribution in [0.4, 0.5) is 5.69 Å². The molecule has 1 aromatic carbocycles. The molecule has 1 N–H and O–H groups in total. The van der Waals surface area contributed by atoms with E-state index < -0.39 is 12.0 Å². The number of nitrogens with zero attached hydrogens (tertiary/aromatic N) is 3. The Kier molecular flexibility index (Phi) is 4.13. The van der Waals surface area contributed by atoms with E-state index in [2.05, 4.69) is 6.07 Å². The first-order chi connectivity index (χ1) is 9.97. The maximum Gasteiger partial charge on any atom is 0.303 e. The maximum absolute atomic E-state index is 12.6. The van der Waals surface area contributed by atoms with Crippen LogP contribution in [-0.2, 0) is 4.79 Å². The van der Waals surface area contributed by atoms with E-state index in [1.807, 2.05) is 31.1 Å². The van der Waals surface area contributed by atoms with Crippen LogP contribution in [-0.4, -0.2) is 42.5 Å². The average Bonchev–Trinajstić information content (AvgIpc) is 2.71. The summed E-state index contributed by atoms with van der Waals surface area (Å²) in [5.41, 5.74) is 2.02. The first-order valence-corrected chi connectivity index (χ1v) is 6.70. The second kappa shape index (κ2) is 5.83. The quantitative estimate of drug-likeness (QED) is 0.889. The Hall–Kier alpha value is -2.55. The van der Waals surface area contributed by atoms with Gasteiger partial charge in [-0.15, -0.1) is 0 Å². The van der Waals surface area contributed by atoms with Crippen molar-refractivity contribution in [2.24, 2.45) is 0 Å². The number of carboxylic acids is 1. The van der Waals surface area contributed by atoms with Gasteiger partial charge in [-0.2, -0.15) is 5.26 Å². The number of rotatable bonds is 5. The number of hydrogen-bond acceptors (Lipinski definition) is 4. The molecule has 21 heavy (non-hydrogen) atoms. The zero-order chi connectivity index (χ0) is 15.6. The van der Waals surface area contributed by atoms with Crippen LogP contribution in [0.25, 0.3) is 0 Å². The van der Waals surface area contributed by atoms with E-state index in [1.54, 1.807) is 6.07 Å². The van der Waals surface area contributed by atoms with Crippen molar-refractivity contribution in [3.8, 4) is 6.07 Å². The van der Waals surface area contributed by atoms with Crippen LogP contribution < -0.4 is 4.90 Å². The van der Waals surface area contributed by atoms with Gasteiger partial charge in [0.05, 0.1) is 11.6 Å². The van der Waals surface area contributed by atoms with Crippen molar-refractivity contribution in [1.29, 1.82) is 5.26 Å². The lowest BCUT2D eigenvalue weighted by Crippen LogP contribution is -2.29. The molecule has 6 nitrogen and oxygen atoms in total. The van der Waals surface area contributed by atoms with Gasteiger partial charge in [0.1, 0.15) is 6.04 Å². The summed E-state index contributed by atoms with van der Waals surface area (Å²) in [4.78, 5) is 26.5. The molecule has 0 saturated heterocycles. The van der Waals surface area contributed by atoms with E-state index in [0.717, 1.165) is 5.69 Å². The summed E-state index contributed by atoms with van der Waals surface area (Å²) in [7, 11) is 3.69. The SMILES string of the molecule is CN(C)c1cccc2c1C(=O)N(CCCC(=O)O)C2C#N. The number of carbonyl (C=O) groups excluding carboxylic acids is 1. The third-order valence-corrected chi connectivity index (χ3v) is 3.55. The molecular formula is C15H17N3O3. The van der Waals surface area contributed by atoms with Crippen LogP contribution in [0.5, 0.6) is 0 Å². The zero-order valence-electron chi connectivity index (χ0n) is 12.0. The minimum absolute atomic E-state index is 0.0151. The molecular weight excluding hydrogens is 270 g/mol. The van der Waals surface area contributed by atoms with Gasteiger partial charge in [0.2, 0.25) is 0 Å². The number of anilines is 1. The molecule has 110 valence electrons. The standard InChI is InChI=1S/C15H17N3O3/c1-17(2)11-6-3-5-10-12(9-16)18(15(21)14(10)11)8-4-7-13(19)20/h3,5-6,12H,4,7-8H2,1-2H3,(H,19,20). The molecule has 1 unspecified atom stereocenters. The monoisotopic (exact) mass is 287 g/mol. The van der Waals surface area contributed by atoms with Crippen molar-refractivity contribution in [3.63, 3.8) is 0 Å². The number of benzene rings is 1. The number of hydrogen-bond donors (Lipinski definition) is 1. The molecule has 0 fully saturated rings. The van der Waals surface area contributed by atoms with E-state index in [-0.39, 0.29) is 18.9 Å². The first-order valence-electron chi connectivity index (χ1n) is 6.70. The molecule has 0 spiro atoms. The summed E-state index contributed by atoms with van der Waals surface area (Å²) >= 11 is 0. The van der Waals surface area contributed by atoms with Crippen LogP contribution in [0.3, 0.4) is 0 Å². The second-order valence-corrected chi connectivity index (χ2v) is 5.16. The predicted octanol–water partition coefficient (Wildman–Crippen LogP) is 1.64. The molecule has 0 aromatic heterocycles. The summed E-state index contributed by atoms with van der Waals surface area (Å²) in [5.74, 6) is -1.10. The molecule has 0 radical (unpaired) electrons. The average molecular weight is 287 g/mol. The van der Waals surface area contributed by atoms with Gasteiger partial charge < -0.3 is 14.9 Å². The van der Waals surface area contributed by atoms with Gasteiger partial charge in [0, 0.05) is 38.3 Å². The normalized spacial score (nSPS) is 16.5. The largest absolute Gasteiger partial charge is 0.481 e. The van der Waals surface area contributed by atoms with Gasteiger partial charge in [-0.3, -0.25) is 9.59 Å². The number of amides is 1. The Balaban J connectivity index is 2.32. The van der Waals surface area contributed by atoms with Gasteiger partial charge in [-0.25, -0.2) is 0 Å². The molecule has 0 saturated carbocycles. The van der Waals surface area contributed by atoms with Crippen LogP contribution in [0.15, 0.2) is 18.2 Å². The fourth-order valence-electron chi connectivity index (χ4n) is 2.59. The highest BCUT2D eigenvalue weighted by atomic mass is 16.4. The molecule has 1 heterocycles. The summed E-state index contributed by atoms with van der Waals surface area (Å²) in [6.45, 7) is 0.269. The van der Waals surface area contributed by atoms with Crippen LogP contribution in [0, 0.1) is 11.3 Å². The third kappa shape index (κ3) is 2.68. The lowest BCUT2D eigenvalue weighted by Gasteiger charge is -2.19. The third-order valence-electron chi connectivity index (χ3n) is 3.55. The number of fused-ring (bicyclic) bond motifs is 1. The highest BCUT2D eigenvalue weighted by Gasteiger charge is 2.38. The molecule has 2 rings (SSSR count). The Morgan fingerprint density at radius 1 is 1.48 bits per heavy atom. The van der Waals surface area contributed by atoms with Crippen LogP contribution >= 0.6 is 0 Å². The molecule has 1 atom stereocenters. The fourth-order valence-corrected chi connectivity index (χ4v) is 2.59. The van der Waals surface area contributed by atoms with Crippen molar-refractivity contribution in [2.75, 3.05) is 25.5 Å². The Labute approximate surface area is 123 Å². The van der Waals surface area contributed by atoms with E-state index in [4.69, 9.17) is 5.11 Å². The second-order valence-electron chi connectivity index (χ2n) is 5.16. The lowest BCUT2D eigenvalue weighted by atomic mass is 10.0. The highest BCUT2D eigenvalue weighted by Crippen LogP contribution is 2.38. The molecule has 6 heteroatoms. The van der Waals surface area contributed by atoms with Crippen molar-refractivity contribution < 1.29 is 14.7 Å². The zero-order valence-corrected chi connectivity index (χ0v) is 12.0. The Morgan fingerprint density at radius 2 is 2.19 bits per heavy atom.